The summed E-state index contributed by atoms with van der Waals surface area (Å²) in [5.74, 6) is 0.125. The SMILES string of the molecule is Cc1cnn(C[C@H]2CCCCN2C(=O)c2ccc3cc[nH]c3c2)c1. The van der Waals surface area contributed by atoms with Gasteiger partial charge in [0.1, 0.15) is 0 Å². The molecular formula is C19H22N4O. The molecule has 0 bridgehead atoms. The van der Waals surface area contributed by atoms with Crippen molar-refractivity contribution in [3.05, 3.63) is 54.0 Å². The van der Waals surface area contributed by atoms with E-state index in [0.717, 1.165) is 48.0 Å². The quantitative estimate of drug-likeness (QED) is 0.804. The van der Waals surface area contributed by atoms with Crippen LogP contribution in [0.5, 0.6) is 0 Å². The van der Waals surface area contributed by atoms with Crippen LogP contribution in [0.1, 0.15) is 35.2 Å². The zero-order valence-electron chi connectivity index (χ0n) is 13.9. The Labute approximate surface area is 141 Å². The molecule has 3 aromatic rings. The van der Waals surface area contributed by atoms with Gasteiger partial charge in [-0.3, -0.25) is 9.48 Å². The highest BCUT2D eigenvalue weighted by Crippen LogP contribution is 2.23. The number of nitrogens with one attached hydrogen (secondary N) is 1. The van der Waals surface area contributed by atoms with Crippen molar-refractivity contribution >= 4 is 16.8 Å². The predicted octanol–water partition coefficient (Wildman–Crippen LogP) is 3.37. The normalized spacial score (nSPS) is 18.2. The van der Waals surface area contributed by atoms with E-state index >= 15 is 0 Å². The minimum absolute atomic E-state index is 0.125. The predicted molar refractivity (Wildman–Crippen MR) is 93.9 cm³/mol. The maximum absolute atomic E-state index is 13.1. The van der Waals surface area contributed by atoms with Crippen molar-refractivity contribution in [2.24, 2.45) is 0 Å². The van der Waals surface area contributed by atoms with E-state index in [1.54, 1.807) is 0 Å². The number of benzene rings is 1. The number of amides is 1. The fourth-order valence-electron chi connectivity index (χ4n) is 3.59. The Balaban J connectivity index is 1.57. The number of hydrogen-bond acceptors (Lipinski definition) is 2. The molecule has 1 N–H and O–H groups in total. The highest BCUT2D eigenvalue weighted by atomic mass is 16.2. The van der Waals surface area contributed by atoms with E-state index in [2.05, 4.69) is 10.1 Å². The first-order chi connectivity index (χ1) is 11.7. The largest absolute Gasteiger partial charge is 0.361 e. The lowest BCUT2D eigenvalue weighted by Gasteiger charge is -2.35. The number of nitrogens with zero attached hydrogens (tertiary/aromatic N) is 3. The summed E-state index contributed by atoms with van der Waals surface area (Å²) in [5.41, 5.74) is 2.92. The molecule has 0 aliphatic carbocycles. The molecule has 1 aromatic carbocycles. The summed E-state index contributed by atoms with van der Waals surface area (Å²) in [6.07, 6.45) is 9.10. The van der Waals surface area contributed by atoms with Gasteiger partial charge in [0, 0.05) is 30.0 Å². The maximum atomic E-state index is 13.1. The number of aromatic amines is 1. The zero-order chi connectivity index (χ0) is 16.5. The Hall–Kier alpha value is -2.56. The van der Waals surface area contributed by atoms with E-state index in [0.29, 0.717) is 0 Å². The van der Waals surface area contributed by atoms with Gasteiger partial charge in [-0.1, -0.05) is 6.07 Å². The zero-order valence-corrected chi connectivity index (χ0v) is 13.9. The Kier molecular flexibility index (Phi) is 3.84. The van der Waals surface area contributed by atoms with Crippen LogP contribution >= 0.6 is 0 Å². The smallest absolute Gasteiger partial charge is 0.254 e. The van der Waals surface area contributed by atoms with Gasteiger partial charge in [-0.2, -0.15) is 5.10 Å². The van der Waals surface area contributed by atoms with Crippen LogP contribution < -0.4 is 0 Å². The average Bonchev–Trinajstić information content (AvgIpc) is 3.22. The first-order valence-electron chi connectivity index (χ1n) is 8.58. The third-order valence-electron chi connectivity index (χ3n) is 4.85. The van der Waals surface area contributed by atoms with Crippen LogP contribution in [0, 0.1) is 6.92 Å². The lowest BCUT2D eigenvalue weighted by Crippen LogP contribution is -2.45. The summed E-state index contributed by atoms with van der Waals surface area (Å²) >= 11 is 0. The highest BCUT2D eigenvalue weighted by molar-refractivity contribution is 5.98. The number of rotatable bonds is 3. The summed E-state index contributed by atoms with van der Waals surface area (Å²) in [4.78, 5) is 18.3. The number of H-pyrrole nitrogens is 1. The molecule has 0 spiro atoms. The second-order valence-electron chi connectivity index (χ2n) is 6.67. The molecule has 24 heavy (non-hydrogen) atoms. The van der Waals surface area contributed by atoms with E-state index < -0.39 is 0 Å². The fourth-order valence-corrected chi connectivity index (χ4v) is 3.59. The van der Waals surface area contributed by atoms with Gasteiger partial charge in [-0.25, -0.2) is 0 Å². The monoisotopic (exact) mass is 322 g/mol. The number of carbonyl (C=O) groups is 1. The molecular weight excluding hydrogens is 300 g/mol. The molecule has 1 fully saturated rings. The number of carbonyl (C=O) groups excluding carboxylic acids is 1. The molecule has 0 unspecified atom stereocenters. The van der Waals surface area contributed by atoms with Crippen molar-refractivity contribution < 1.29 is 4.79 Å². The van der Waals surface area contributed by atoms with Gasteiger partial charge in [0.15, 0.2) is 0 Å². The Morgan fingerprint density at radius 3 is 3.08 bits per heavy atom. The van der Waals surface area contributed by atoms with Crippen LogP contribution in [0.25, 0.3) is 10.9 Å². The van der Waals surface area contributed by atoms with Crippen LogP contribution in [0.2, 0.25) is 0 Å². The van der Waals surface area contributed by atoms with Gasteiger partial charge >= 0.3 is 0 Å². The summed E-state index contributed by atoms with van der Waals surface area (Å²) in [6, 6.07) is 8.14. The van der Waals surface area contributed by atoms with E-state index in [9.17, 15) is 4.79 Å². The lowest BCUT2D eigenvalue weighted by molar-refractivity contribution is 0.0584. The summed E-state index contributed by atoms with van der Waals surface area (Å²) < 4.78 is 1.96. The maximum Gasteiger partial charge on any atom is 0.254 e. The average molecular weight is 322 g/mol. The number of hydrogen-bond donors (Lipinski definition) is 1. The standard InChI is InChI=1S/C19H22N4O/c1-14-11-21-22(12-14)13-17-4-2-3-9-23(17)19(24)16-6-5-15-7-8-20-18(15)10-16/h5-8,10-12,17,20H,2-4,9,13H2,1H3/t17-/m1/s1. The molecule has 1 aliphatic heterocycles. The fraction of sp³-hybridized carbons (Fsp3) is 0.368. The molecule has 1 aliphatic rings. The van der Waals surface area contributed by atoms with Crippen molar-refractivity contribution in [2.75, 3.05) is 6.54 Å². The molecule has 5 heteroatoms. The minimum Gasteiger partial charge on any atom is -0.361 e. The second kappa shape index (κ2) is 6.15. The molecule has 5 nitrogen and oxygen atoms in total. The van der Waals surface area contributed by atoms with Gasteiger partial charge in [-0.05, 0) is 55.3 Å². The number of piperidine rings is 1. The molecule has 1 atom stereocenters. The van der Waals surface area contributed by atoms with E-state index in [1.807, 2.05) is 59.4 Å². The second-order valence-corrected chi connectivity index (χ2v) is 6.67. The summed E-state index contributed by atoms with van der Waals surface area (Å²) in [7, 11) is 0. The molecule has 4 rings (SSSR count). The highest BCUT2D eigenvalue weighted by Gasteiger charge is 2.28. The van der Waals surface area contributed by atoms with Crippen LogP contribution in [-0.4, -0.2) is 38.2 Å². The topological polar surface area (TPSA) is 53.9 Å². The summed E-state index contributed by atoms with van der Waals surface area (Å²) in [5, 5.41) is 5.52. The summed E-state index contributed by atoms with van der Waals surface area (Å²) in [6.45, 7) is 3.63. The lowest BCUT2D eigenvalue weighted by atomic mass is 10.0. The van der Waals surface area contributed by atoms with Gasteiger partial charge < -0.3 is 9.88 Å². The van der Waals surface area contributed by atoms with E-state index in [-0.39, 0.29) is 11.9 Å². The Bertz CT molecular complexity index is 863. The van der Waals surface area contributed by atoms with Crippen LogP contribution in [0.15, 0.2) is 42.9 Å². The van der Waals surface area contributed by atoms with E-state index in [1.165, 1.54) is 6.42 Å². The van der Waals surface area contributed by atoms with Crippen molar-refractivity contribution in [1.82, 2.24) is 19.7 Å². The van der Waals surface area contributed by atoms with Crippen molar-refractivity contribution in [3.63, 3.8) is 0 Å². The van der Waals surface area contributed by atoms with Crippen molar-refractivity contribution in [2.45, 2.75) is 38.8 Å². The van der Waals surface area contributed by atoms with Crippen molar-refractivity contribution in [1.29, 1.82) is 0 Å². The molecule has 3 heterocycles. The number of aryl methyl sites for hydroxylation is 1. The molecule has 0 radical (unpaired) electrons. The van der Waals surface area contributed by atoms with Crippen molar-refractivity contribution in [3.8, 4) is 0 Å². The van der Waals surface area contributed by atoms with Crippen LogP contribution in [0.4, 0.5) is 0 Å². The van der Waals surface area contributed by atoms with Crippen LogP contribution in [0.3, 0.4) is 0 Å². The van der Waals surface area contributed by atoms with Crippen LogP contribution in [-0.2, 0) is 6.54 Å². The number of aromatic nitrogens is 3. The first-order valence-corrected chi connectivity index (χ1v) is 8.58. The number of likely N-dealkylation sites (tertiary alicyclic amines) is 1. The third kappa shape index (κ3) is 2.82. The van der Waals surface area contributed by atoms with Gasteiger partial charge in [-0.15, -0.1) is 0 Å². The minimum atomic E-state index is 0.125. The van der Waals surface area contributed by atoms with Gasteiger partial charge in [0.2, 0.25) is 0 Å². The first kappa shape index (κ1) is 15.0. The molecule has 1 saturated heterocycles. The van der Waals surface area contributed by atoms with E-state index in [4.69, 9.17) is 0 Å². The molecule has 1 amide bonds. The van der Waals surface area contributed by atoms with Gasteiger partial charge in [0.25, 0.3) is 5.91 Å². The number of fused-ring (bicyclic) bond motifs is 1. The third-order valence-corrected chi connectivity index (χ3v) is 4.85. The van der Waals surface area contributed by atoms with Gasteiger partial charge in [0.05, 0.1) is 18.8 Å². The Morgan fingerprint density at radius 2 is 2.25 bits per heavy atom. The molecule has 2 aromatic heterocycles. The molecule has 0 saturated carbocycles. The molecule has 124 valence electrons. The Morgan fingerprint density at radius 1 is 1.33 bits per heavy atom.